The summed E-state index contributed by atoms with van der Waals surface area (Å²) < 4.78 is 29.0. The van der Waals surface area contributed by atoms with Crippen LogP contribution in [0.1, 0.15) is 26.3 Å². The Balaban J connectivity index is 1.52. The molecular weight excluding hydrogens is 479 g/mol. The van der Waals surface area contributed by atoms with Gasteiger partial charge in [0.2, 0.25) is 5.78 Å². The molecular formula is C28H25FN2O6. The summed E-state index contributed by atoms with van der Waals surface area (Å²) in [5.41, 5.74) is 2.05. The molecule has 2 N–H and O–H groups in total. The molecule has 0 saturated carbocycles. The minimum absolute atomic E-state index is 0.107. The third-order valence-electron chi connectivity index (χ3n) is 5.85. The number of rotatable bonds is 10. The first-order chi connectivity index (χ1) is 17.9. The summed E-state index contributed by atoms with van der Waals surface area (Å²) in [5.74, 6) is -1.55. The molecule has 1 amide bonds. The molecule has 0 aliphatic heterocycles. The van der Waals surface area contributed by atoms with Gasteiger partial charge in [-0.1, -0.05) is 18.2 Å². The number of benzene rings is 3. The summed E-state index contributed by atoms with van der Waals surface area (Å²) in [5, 5.41) is 3.54. The molecule has 0 saturated heterocycles. The van der Waals surface area contributed by atoms with E-state index in [1.807, 2.05) is 24.3 Å². The van der Waals surface area contributed by atoms with Crippen molar-refractivity contribution < 1.29 is 33.0 Å². The quantitative estimate of drug-likeness (QED) is 0.249. The van der Waals surface area contributed by atoms with Gasteiger partial charge in [0.25, 0.3) is 5.91 Å². The number of carbonyl (C=O) groups excluding carboxylic acids is 3. The minimum Gasteiger partial charge on any atom is -0.497 e. The van der Waals surface area contributed by atoms with Gasteiger partial charge in [-0.3, -0.25) is 9.59 Å². The highest BCUT2D eigenvalue weighted by molar-refractivity contribution is 6.01. The number of Topliss-reactive ketones (excluding diaryl/α,β-unsaturated/α-hetero) is 1. The summed E-state index contributed by atoms with van der Waals surface area (Å²) in [6.45, 7) is -0.557. The van der Waals surface area contributed by atoms with Gasteiger partial charge in [0.1, 0.15) is 23.4 Å². The number of esters is 1. The maximum absolute atomic E-state index is 13.3. The molecule has 190 valence electrons. The molecule has 8 nitrogen and oxygen atoms in total. The Hall–Kier alpha value is -4.66. The molecule has 37 heavy (non-hydrogen) atoms. The molecule has 1 heterocycles. The molecule has 1 atom stereocenters. The van der Waals surface area contributed by atoms with E-state index in [0.717, 1.165) is 28.6 Å². The number of amides is 1. The molecule has 0 aliphatic rings. The van der Waals surface area contributed by atoms with Gasteiger partial charge in [-0.2, -0.15) is 0 Å². The van der Waals surface area contributed by atoms with E-state index in [1.54, 1.807) is 18.3 Å². The number of ketones is 1. The van der Waals surface area contributed by atoms with Gasteiger partial charge in [0.05, 0.1) is 19.8 Å². The Morgan fingerprint density at radius 3 is 2.46 bits per heavy atom. The smallest absolute Gasteiger partial charge is 0.329 e. The zero-order valence-electron chi connectivity index (χ0n) is 20.2. The van der Waals surface area contributed by atoms with Crippen molar-refractivity contribution in [2.24, 2.45) is 0 Å². The number of aromatic nitrogens is 1. The van der Waals surface area contributed by atoms with Crippen molar-refractivity contribution in [1.29, 1.82) is 0 Å². The molecule has 0 aliphatic carbocycles. The Bertz CT molecular complexity index is 1430. The average molecular weight is 505 g/mol. The summed E-state index contributed by atoms with van der Waals surface area (Å²) in [6, 6.07) is 16.0. The topological polar surface area (TPSA) is 107 Å². The number of carbonyl (C=O) groups is 3. The molecule has 0 bridgehead atoms. The highest BCUT2D eigenvalue weighted by Crippen LogP contribution is 2.25. The van der Waals surface area contributed by atoms with Crippen LogP contribution in [0, 0.1) is 5.82 Å². The van der Waals surface area contributed by atoms with Crippen molar-refractivity contribution >= 4 is 28.6 Å². The summed E-state index contributed by atoms with van der Waals surface area (Å²) >= 11 is 0. The minimum atomic E-state index is -1.11. The number of hydrogen-bond donors (Lipinski definition) is 2. The molecule has 0 spiro atoms. The van der Waals surface area contributed by atoms with Crippen molar-refractivity contribution in [3.05, 3.63) is 95.4 Å². The van der Waals surface area contributed by atoms with E-state index in [-0.39, 0.29) is 23.3 Å². The van der Waals surface area contributed by atoms with Crippen LogP contribution >= 0.6 is 0 Å². The van der Waals surface area contributed by atoms with E-state index in [0.29, 0.717) is 5.75 Å². The van der Waals surface area contributed by atoms with E-state index < -0.39 is 36.1 Å². The molecule has 0 unspecified atom stereocenters. The molecule has 0 fully saturated rings. The highest BCUT2D eigenvalue weighted by Gasteiger charge is 2.26. The van der Waals surface area contributed by atoms with Crippen molar-refractivity contribution in [3.8, 4) is 11.5 Å². The molecule has 9 heteroatoms. The third kappa shape index (κ3) is 5.95. The second-order valence-electron chi connectivity index (χ2n) is 8.19. The largest absolute Gasteiger partial charge is 0.497 e. The molecule has 3 aromatic carbocycles. The molecule has 4 aromatic rings. The van der Waals surface area contributed by atoms with Gasteiger partial charge in [-0.05, 0) is 48.0 Å². The Morgan fingerprint density at radius 2 is 1.73 bits per heavy atom. The van der Waals surface area contributed by atoms with E-state index in [9.17, 15) is 18.8 Å². The van der Waals surface area contributed by atoms with Crippen molar-refractivity contribution in [2.45, 2.75) is 12.5 Å². The lowest BCUT2D eigenvalue weighted by Gasteiger charge is -2.18. The van der Waals surface area contributed by atoms with Crippen LogP contribution in [0.3, 0.4) is 0 Å². The van der Waals surface area contributed by atoms with E-state index in [1.165, 1.54) is 32.4 Å². The van der Waals surface area contributed by atoms with Gasteiger partial charge in [0.15, 0.2) is 6.61 Å². The Kier molecular flexibility index (Phi) is 7.83. The zero-order valence-corrected chi connectivity index (χ0v) is 20.2. The van der Waals surface area contributed by atoms with Crippen LogP contribution in [0.25, 0.3) is 10.9 Å². The zero-order chi connectivity index (χ0) is 26.4. The number of fused-ring (bicyclic) bond motifs is 1. The van der Waals surface area contributed by atoms with Gasteiger partial charge in [-0.25, -0.2) is 9.18 Å². The second-order valence-corrected chi connectivity index (χ2v) is 8.19. The van der Waals surface area contributed by atoms with Crippen LogP contribution in [0.5, 0.6) is 11.5 Å². The standard InChI is InChI=1S/C28H25FN2O6/c1-35-20-11-12-22(26(14-20)36-2)25(32)16-37-28(34)24(31-27(33)17-7-9-19(29)10-8-17)13-18-15-30-23-6-4-3-5-21(18)23/h3-12,14-15,24,30H,13,16H2,1-2H3,(H,31,33)/t24-/m1/s1. The number of methoxy groups -OCH3 is 2. The van der Waals surface area contributed by atoms with Crippen molar-refractivity contribution in [3.63, 3.8) is 0 Å². The third-order valence-corrected chi connectivity index (χ3v) is 5.85. The van der Waals surface area contributed by atoms with Crippen LogP contribution in [0.4, 0.5) is 4.39 Å². The van der Waals surface area contributed by atoms with Crippen LogP contribution in [0.2, 0.25) is 0 Å². The maximum Gasteiger partial charge on any atom is 0.329 e. The van der Waals surface area contributed by atoms with E-state index in [4.69, 9.17) is 14.2 Å². The Morgan fingerprint density at radius 1 is 0.973 bits per heavy atom. The lowest BCUT2D eigenvalue weighted by molar-refractivity contribution is -0.144. The van der Waals surface area contributed by atoms with Crippen molar-refractivity contribution in [1.82, 2.24) is 10.3 Å². The predicted octanol–water partition coefficient (Wildman–Crippen LogP) is 4.09. The summed E-state index contributed by atoms with van der Waals surface area (Å²) in [7, 11) is 2.91. The Labute approximate surface area is 212 Å². The van der Waals surface area contributed by atoms with E-state index >= 15 is 0 Å². The lowest BCUT2D eigenvalue weighted by Crippen LogP contribution is -2.43. The fourth-order valence-electron chi connectivity index (χ4n) is 3.90. The molecule has 0 radical (unpaired) electrons. The van der Waals surface area contributed by atoms with Crippen molar-refractivity contribution in [2.75, 3.05) is 20.8 Å². The van der Waals surface area contributed by atoms with Crippen LogP contribution in [-0.2, 0) is 16.0 Å². The second kappa shape index (κ2) is 11.4. The van der Waals surface area contributed by atoms with Crippen LogP contribution in [0.15, 0.2) is 72.9 Å². The lowest BCUT2D eigenvalue weighted by atomic mass is 10.0. The van der Waals surface area contributed by atoms with Gasteiger partial charge in [0, 0.05) is 35.2 Å². The monoisotopic (exact) mass is 504 g/mol. The number of hydrogen-bond acceptors (Lipinski definition) is 6. The fraction of sp³-hybridized carbons (Fsp3) is 0.179. The fourth-order valence-corrected chi connectivity index (χ4v) is 3.90. The number of nitrogens with one attached hydrogen (secondary N) is 2. The summed E-state index contributed by atoms with van der Waals surface area (Å²) in [6.07, 6.45) is 1.86. The maximum atomic E-state index is 13.3. The summed E-state index contributed by atoms with van der Waals surface area (Å²) in [4.78, 5) is 41.9. The SMILES string of the molecule is COc1ccc(C(=O)COC(=O)[C@@H](Cc2c[nH]c3ccccc23)NC(=O)c2ccc(F)cc2)c(OC)c1. The van der Waals surface area contributed by atoms with Crippen LogP contribution < -0.4 is 14.8 Å². The number of aromatic amines is 1. The molecule has 4 rings (SSSR count). The highest BCUT2D eigenvalue weighted by atomic mass is 19.1. The number of H-pyrrole nitrogens is 1. The first-order valence-electron chi connectivity index (χ1n) is 11.4. The van der Waals surface area contributed by atoms with Gasteiger partial charge >= 0.3 is 5.97 Å². The van der Waals surface area contributed by atoms with Gasteiger partial charge in [-0.15, -0.1) is 0 Å². The number of ether oxygens (including phenoxy) is 3. The first-order valence-corrected chi connectivity index (χ1v) is 11.4. The average Bonchev–Trinajstić information content (AvgIpc) is 3.33. The first kappa shape index (κ1) is 25.4. The van der Waals surface area contributed by atoms with Gasteiger partial charge < -0.3 is 24.5 Å². The van der Waals surface area contributed by atoms with E-state index in [2.05, 4.69) is 10.3 Å². The normalized spacial score (nSPS) is 11.5. The molecule has 1 aromatic heterocycles. The number of halogens is 1. The van der Waals surface area contributed by atoms with Crippen LogP contribution in [-0.4, -0.2) is 49.5 Å². The predicted molar refractivity (Wildman–Crippen MR) is 134 cm³/mol. The number of para-hydroxylation sites is 1.